The van der Waals surface area contributed by atoms with Crippen LogP contribution in [0.5, 0.6) is 0 Å². The van der Waals surface area contributed by atoms with Crippen molar-refractivity contribution >= 4 is 15.8 Å². The van der Waals surface area contributed by atoms with E-state index in [4.69, 9.17) is 0 Å². The summed E-state index contributed by atoms with van der Waals surface area (Å²) in [5, 5.41) is 6.17. The lowest BCUT2D eigenvalue weighted by molar-refractivity contribution is 0.599. The van der Waals surface area contributed by atoms with Gasteiger partial charge in [0.2, 0.25) is 0 Å². The van der Waals surface area contributed by atoms with Gasteiger partial charge < -0.3 is 15.2 Å². The van der Waals surface area contributed by atoms with E-state index in [2.05, 4.69) is 20.6 Å². The normalized spacial score (nSPS) is 19.8. The highest BCUT2D eigenvalue weighted by molar-refractivity contribution is 7.91. The molecule has 0 amide bonds. The highest BCUT2D eigenvalue weighted by Crippen LogP contribution is 2.15. The van der Waals surface area contributed by atoms with Crippen molar-refractivity contribution < 1.29 is 12.8 Å². The van der Waals surface area contributed by atoms with Crippen LogP contribution in [-0.2, 0) is 16.4 Å². The van der Waals surface area contributed by atoms with Crippen LogP contribution in [-0.4, -0.2) is 48.5 Å². The van der Waals surface area contributed by atoms with Gasteiger partial charge >= 0.3 is 0 Å². The third kappa shape index (κ3) is 4.36. The molecule has 0 bridgehead atoms. The molecule has 1 atom stereocenters. The molecule has 3 rings (SSSR count). The number of hydrogen-bond acceptors (Lipinski definition) is 4. The van der Waals surface area contributed by atoms with E-state index < -0.39 is 9.84 Å². The summed E-state index contributed by atoms with van der Waals surface area (Å²) in [6.45, 7) is 0.375. The molecule has 0 saturated carbocycles. The molecule has 0 spiro atoms. The summed E-state index contributed by atoms with van der Waals surface area (Å²) in [5.41, 5.74) is 1.18. The minimum atomic E-state index is -2.95. The smallest absolute Gasteiger partial charge is 0.191 e. The van der Waals surface area contributed by atoms with Gasteiger partial charge in [0, 0.05) is 32.0 Å². The molecule has 2 heterocycles. The van der Waals surface area contributed by atoms with Crippen LogP contribution >= 0.6 is 0 Å². The molecule has 1 aromatic heterocycles. The third-order valence-corrected chi connectivity index (χ3v) is 5.82. The molecule has 1 unspecified atom stereocenters. The van der Waals surface area contributed by atoms with Gasteiger partial charge in [-0.15, -0.1) is 0 Å². The lowest BCUT2D eigenvalue weighted by Gasteiger charge is -2.16. The van der Waals surface area contributed by atoms with Gasteiger partial charge in [-0.3, -0.25) is 4.99 Å². The Morgan fingerprint density at radius 3 is 2.92 bits per heavy atom. The molecular formula is C16H20FN5O2S. The lowest BCUT2D eigenvalue weighted by atomic mass is 10.2. The number of guanidine groups is 1. The number of sulfone groups is 1. The van der Waals surface area contributed by atoms with Gasteiger partial charge in [0.1, 0.15) is 5.82 Å². The van der Waals surface area contributed by atoms with Crippen LogP contribution in [0.3, 0.4) is 0 Å². The van der Waals surface area contributed by atoms with Crippen LogP contribution in [0.25, 0.3) is 5.69 Å². The number of halogens is 1. The second kappa shape index (κ2) is 7.22. The summed E-state index contributed by atoms with van der Waals surface area (Å²) in [6, 6.07) is 4.82. The van der Waals surface area contributed by atoms with E-state index in [0.717, 1.165) is 5.56 Å². The molecule has 0 radical (unpaired) electrons. The fourth-order valence-corrected chi connectivity index (χ4v) is 4.43. The van der Waals surface area contributed by atoms with Crippen LogP contribution in [0.1, 0.15) is 12.0 Å². The largest absolute Gasteiger partial charge is 0.353 e. The van der Waals surface area contributed by atoms with Crippen molar-refractivity contribution in [3.63, 3.8) is 0 Å². The fourth-order valence-electron chi connectivity index (χ4n) is 2.75. The third-order valence-electron chi connectivity index (χ3n) is 4.05. The van der Waals surface area contributed by atoms with Gasteiger partial charge in [0.25, 0.3) is 0 Å². The van der Waals surface area contributed by atoms with Gasteiger partial charge in [-0.05, 0) is 24.1 Å². The zero-order valence-electron chi connectivity index (χ0n) is 13.8. The summed E-state index contributed by atoms with van der Waals surface area (Å²) in [7, 11) is -1.34. The number of rotatable bonds is 4. The highest BCUT2D eigenvalue weighted by Gasteiger charge is 2.28. The van der Waals surface area contributed by atoms with E-state index in [-0.39, 0.29) is 23.4 Å². The maximum Gasteiger partial charge on any atom is 0.191 e. The monoisotopic (exact) mass is 365 g/mol. The van der Waals surface area contributed by atoms with Gasteiger partial charge in [0.05, 0.1) is 23.5 Å². The summed E-state index contributed by atoms with van der Waals surface area (Å²) in [6.07, 6.45) is 5.38. The van der Waals surface area contributed by atoms with Gasteiger partial charge in [-0.25, -0.2) is 17.8 Å². The Kier molecular flexibility index (Phi) is 5.03. The lowest BCUT2D eigenvalue weighted by Crippen LogP contribution is -2.43. The van der Waals surface area contributed by atoms with E-state index in [1.807, 2.05) is 6.07 Å². The Bertz CT molecular complexity index is 865. The minimum absolute atomic E-state index is 0.113. The Labute approximate surface area is 145 Å². The first-order chi connectivity index (χ1) is 12.0. The zero-order valence-corrected chi connectivity index (χ0v) is 14.6. The number of nitrogens with one attached hydrogen (secondary N) is 2. The average Bonchev–Trinajstić information content (AvgIpc) is 3.21. The average molecular weight is 365 g/mol. The first kappa shape index (κ1) is 17.4. The van der Waals surface area contributed by atoms with Crippen molar-refractivity contribution in [1.29, 1.82) is 0 Å². The number of benzene rings is 1. The molecule has 1 fully saturated rings. The first-order valence-corrected chi connectivity index (χ1v) is 9.73. The van der Waals surface area contributed by atoms with E-state index in [0.29, 0.717) is 24.6 Å². The Morgan fingerprint density at radius 1 is 1.48 bits per heavy atom. The topological polar surface area (TPSA) is 88.4 Å². The second-order valence-electron chi connectivity index (χ2n) is 5.93. The zero-order chi connectivity index (χ0) is 17.9. The molecule has 2 aromatic rings. The maximum atomic E-state index is 14.2. The molecule has 7 nitrogen and oxygen atoms in total. The summed E-state index contributed by atoms with van der Waals surface area (Å²) < 4.78 is 38.9. The molecule has 25 heavy (non-hydrogen) atoms. The van der Waals surface area contributed by atoms with Crippen LogP contribution in [0.4, 0.5) is 4.39 Å². The van der Waals surface area contributed by atoms with Gasteiger partial charge in [-0.2, -0.15) is 0 Å². The van der Waals surface area contributed by atoms with Gasteiger partial charge in [0.15, 0.2) is 15.8 Å². The number of aliphatic imine (C=N–C) groups is 1. The first-order valence-electron chi connectivity index (χ1n) is 7.91. The maximum absolute atomic E-state index is 14.2. The number of aromatic nitrogens is 2. The fraction of sp³-hybridized carbons (Fsp3) is 0.375. The molecular weight excluding hydrogens is 345 g/mol. The van der Waals surface area contributed by atoms with Crippen LogP contribution in [0.15, 0.2) is 41.9 Å². The van der Waals surface area contributed by atoms with E-state index >= 15 is 0 Å². The standard InChI is InChI=1S/C16H20FN5O2S/c1-18-16(21-13-4-7-25(23,24)10-13)20-9-12-2-3-15(14(17)8-12)22-6-5-19-11-22/h2-3,5-6,8,11,13H,4,7,9-10H2,1H3,(H2,18,20,21). The SMILES string of the molecule is CN=C(NCc1ccc(-n2ccnc2)c(F)c1)NC1CCS(=O)(=O)C1. The van der Waals surface area contributed by atoms with Crippen molar-refractivity contribution in [3.05, 3.63) is 48.3 Å². The van der Waals surface area contributed by atoms with Crippen molar-refractivity contribution in [2.45, 2.75) is 19.0 Å². The molecule has 1 aromatic carbocycles. The van der Waals surface area contributed by atoms with Crippen LogP contribution < -0.4 is 10.6 Å². The van der Waals surface area contributed by atoms with Crippen LogP contribution in [0.2, 0.25) is 0 Å². The molecule has 134 valence electrons. The minimum Gasteiger partial charge on any atom is -0.353 e. The summed E-state index contributed by atoms with van der Waals surface area (Å²) in [4.78, 5) is 8.00. The van der Waals surface area contributed by atoms with Crippen LogP contribution in [0, 0.1) is 5.82 Å². The Balaban J connectivity index is 1.60. The van der Waals surface area contributed by atoms with Crippen molar-refractivity contribution in [3.8, 4) is 5.69 Å². The van der Waals surface area contributed by atoms with E-state index in [1.54, 1.807) is 30.1 Å². The van der Waals surface area contributed by atoms with Gasteiger partial charge in [-0.1, -0.05) is 6.07 Å². The quantitative estimate of drug-likeness (QED) is 0.620. The second-order valence-corrected chi connectivity index (χ2v) is 8.15. The van der Waals surface area contributed by atoms with Crippen molar-refractivity contribution in [1.82, 2.24) is 20.2 Å². The van der Waals surface area contributed by atoms with E-state index in [1.165, 1.54) is 12.4 Å². The predicted octanol–water partition coefficient (Wildman–Crippen LogP) is 0.863. The molecule has 1 aliphatic heterocycles. The molecule has 2 N–H and O–H groups in total. The molecule has 1 aliphatic rings. The van der Waals surface area contributed by atoms with Crippen molar-refractivity contribution in [2.75, 3.05) is 18.6 Å². The number of imidazole rings is 1. The number of hydrogen-bond donors (Lipinski definition) is 2. The summed E-state index contributed by atoms with van der Waals surface area (Å²) in [5.74, 6) is 0.466. The van der Waals surface area contributed by atoms with E-state index in [9.17, 15) is 12.8 Å². The number of nitrogens with zero attached hydrogens (tertiary/aromatic N) is 3. The molecule has 0 aliphatic carbocycles. The summed E-state index contributed by atoms with van der Waals surface area (Å²) >= 11 is 0. The Morgan fingerprint density at radius 2 is 2.32 bits per heavy atom. The van der Waals surface area contributed by atoms with Crippen molar-refractivity contribution in [2.24, 2.45) is 4.99 Å². The highest BCUT2D eigenvalue weighted by atomic mass is 32.2. The molecule has 9 heteroatoms. The predicted molar refractivity (Wildman–Crippen MR) is 93.9 cm³/mol. The molecule has 1 saturated heterocycles. The Hall–Kier alpha value is -2.42.